The first-order chi connectivity index (χ1) is 13.0. The number of rotatable bonds is 5. The van der Waals surface area contributed by atoms with Crippen LogP contribution in [0.1, 0.15) is 55.2 Å². The van der Waals surface area contributed by atoms with Gasteiger partial charge in [-0.05, 0) is 63.9 Å². The minimum Gasteiger partial charge on any atom is -0.297 e. The molecule has 2 aromatic rings. The van der Waals surface area contributed by atoms with Crippen LogP contribution in [0.4, 0.5) is 8.78 Å². The predicted molar refractivity (Wildman–Crippen MR) is 101 cm³/mol. The molecule has 1 fully saturated rings. The van der Waals surface area contributed by atoms with Gasteiger partial charge in [0.2, 0.25) is 0 Å². The van der Waals surface area contributed by atoms with Crippen LogP contribution in [0.25, 0.3) is 0 Å². The molecule has 0 spiro atoms. The highest BCUT2D eigenvalue weighted by atomic mass is 19.2. The zero-order valence-electron chi connectivity index (χ0n) is 16.2. The summed E-state index contributed by atoms with van der Waals surface area (Å²) in [4.78, 5) is 4.80. The third kappa shape index (κ3) is 3.92. The maximum absolute atomic E-state index is 13.5. The fourth-order valence-corrected chi connectivity index (χ4v) is 4.31. The molecular formula is C21H28F2N4. The largest absolute Gasteiger partial charge is 0.297 e. The Labute approximate surface area is 159 Å². The molecule has 27 heavy (non-hydrogen) atoms. The van der Waals surface area contributed by atoms with Crippen LogP contribution in [0, 0.1) is 11.6 Å². The first-order valence-corrected chi connectivity index (χ1v) is 9.99. The quantitative estimate of drug-likeness (QED) is 0.793. The Bertz CT molecular complexity index is 809. The summed E-state index contributed by atoms with van der Waals surface area (Å²) in [6, 6.07) is 4.51. The molecule has 0 aliphatic carbocycles. The van der Waals surface area contributed by atoms with E-state index in [4.69, 9.17) is 5.10 Å². The molecule has 6 heteroatoms. The van der Waals surface area contributed by atoms with Crippen LogP contribution in [0.2, 0.25) is 0 Å². The Balaban J connectivity index is 1.53. The number of aromatic nitrogens is 2. The maximum atomic E-state index is 13.5. The number of likely N-dealkylation sites (tertiary alicyclic amines) is 1. The summed E-state index contributed by atoms with van der Waals surface area (Å²) in [6.45, 7) is 9.98. The molecule has 0 N–H and O–H groups in total. The molecule has 0 amide bonds. The highest BCUT2D eigenvalue weighted by molar-refractivity contribution is 5.30. The van der Waals surface area contributed by atoms with E-state index in [-0.39, 0.29) is 0 Å². The van der Waals surface area contributed by atoms with E-state index in [0.717, 1.165) is 31.6 Å². The number of halogens is 2. The third-order valence-corrected chi connectivity index (χ3v) is 5.70. The lowest BCUT2D eigenvalue weighted by atomic mass is 10.0. The number of nitrogens with zero attached hydrogens (tertiary/aromatic N) is 4. The van der Waals surface area contributed by atoms with Gasteiger partial charge in [-0.1, -0.05) is 6.07 Å². The molecule has 0 saturated carbocycles. The van der Waals surface area contributed by atoms with Crippen LogP contribution in [-0.2, 0) is 26.1 Å². The van der Waals surface area contributed by atoms with Crippen molar-refractivity contribution in [1.29, 1.82) is 0 Å². The first kappa shape index (κ1) is 18.6. The Kier molecular flexibility index (Phi) is 5.28. The van der Waals surface area contributed by atoms with E-state index < -0.39 is 11.6 Å². The van der Waals surface area contributed by atoms with Crippen LogP contribution in [0.5, 0.6) is 0 Å². The molecule has 0 atom stereocenters. The van der Waals surface area contributed by atoms with Gasteiger partial charge in [-0.3, -0.25) is 14.5 Å². The molecule has 1 aromatic carbocycles. The van der Waals surface area contributed by atoms with Crippen LogP contribution >= 0.6 is 0 Å². The average molecular weight is 374 g/mol. The van der Waals surface area contributed by atoms with Crippen LogP contribution < -0.4 is 0 Å². The molecule has 2 aliphatic rings. The summed E-state index contributed by atoms with van der Waals surface area (Å²) in [5.41, 5.74) is 4.73. The number of benzene rings is 1. The van der Waals surface area contributed by atoms with Gasteiger partial charge in [-0.15, -0.1) is 0 Å². The molecule has 4 nitrogen and oxygen atoms in total. The van der Waals surface area contributed by atoms with E-state index in [0.29, 0.717) is 12.6 Å². The highest BCUT2D eigenvalue weighted by Gasteiger charge is 2.27. The third-order valence-electron chi connectivity index (χ3n) is 5.70. The summed E-state index contributed by atoms with van der Waals surface area (Å²) in [7, 11) is 0. The fraction of sp³-hybridized carbons (Fsp3) is 0.571. The summed E-state index contributed by atoms with van der Waals surface area (Å²) < 4.78 is 28.9. The Morgan fingerprint density at radius 2 is 1.78 bits per heavy atom. The van der Waals surface area contributed by atoms with Gasteiger partial charge < -0.3 is 0 Å². The normalized spacial score (nSPS) is 18.4. The minimum atomic E-state index is -0.788. The van der Waals surface area contributed by atoms with Gasteiger partial charge in [0.05, 0.1) is 11.4 Å². The number of fused-ring (bicyclic) bond motifs is 1. The van der Waals surface area contributed by atoms with E-state index in [9.17, 15) is 8.78 Å². The zero-order chi connectivity index (χ0) is 19.0. The molecule has 1 saturated heterocycles. The van der Waals surface area contributed by atoms with Crippen LogP contribution in [-0.4, -0.2) is 39.2 Å². The van der Waals surface area contributed by atoms with Gasteiger partial charge in [0, 0.05) is 37.8 Å². The maximum Gasteiger partial charge on any atom is 0.159 e. The molecular weight excluding hydrogens is 346 g/mol. The zero-order valence-corrected chi connectivity index (χ0v) is 16.2. The summed E-state index contributed by atoms with van der Waals surface area (Å²) >= 11 is 0. The van der Waals surface area contributed by atoms with Gasteiger partial charge in [-0.25, -0.2) is 8.78 Å². The van der Waals surface area contributed by atoms with Gasteiger partial charge in [-0.2, -0.15) is 5.10 Å². The van der Waals surface area contributed by atoms with Gasteiger partial charge in [0.25, 0.3) is 0 Å². The van der Waals surface area contributed by atoms with Crippen LogP contribution in [0.15, 0.2) is 18.2 Å². The van der Waals surface area contributed by atoms with Crippen molar-refractivity contribution in [3.05, 3.63) is 52.3 Å². The van der Waals surface area contributed by atoms with Crippen molar-refractivity contribution in [2.24, 2.45) is 0 Å². The molecule has 146 valence electrons. The summed E-state index contributed by atoms with van der Waals surface area (Å²) in [5.74, 6) is -1.56. The summed E-state index contributed by atoms with van der Waals surface area (Å²) in [5, 5.41) is 4.96. The molecule has 0 bridgehead atoms. The van der Waals surface area contributed by atoms with E-state index in [2.05, 4.69) is 28.3 Å². The van der Waals surface area contributed by atoms with Gasteiger partial charge in [0.15, 0.2) is 11.6 Å². The molecule has 4 rings (SSSR count). The monoisotopic (exact) mass is 374 g/mol. The van der Waals surface area contributed by atoms with Crippen molar-refractivity contribution in [3.8, 4) is 0 Å². The number of hydrogen-bond acceptors (Lipinski definition) is 3. The second-order valence-electron chi connectivity index (χ2n) is 8.10. The van der Waals surface area contributed by atoms with Crippen LogP contribution in [0.3, 0.4) is 0 Å². The molecule has 0 radical (unpaired) electrons. The van der Waals surface area contributed by atoms with Crippen molar-refractivity contribution in [2.75, 3.05) is 19.6 Å². The molecule has 1 aromatic heterocycles. The van der Waals surface area contributed by atoms with Gasteiger partial charge >= 0.3 is 0 Å². The SMILES string of the molecule is CC(C)n1nc(CN2CCCC2)c2c1CN(Cc1ccc(F)c(F)c1)CC2. The predicted octanol–water partition coefficient (Wildman–Crippen LogP) is 3.90. The minimum absolute atomic E-state index is 0.314. The summed E-state index contributed by atoms with van der Waals surface area (Å²) in [6.07, 6.45) is 3.54. The second-order valence-corrected chi connectivity index (χ2v) is 8.10. The van der Waals surface area contributed by atoms with Crippen molar-refractivity contribution >= 4 is 0 Å². The smallest absolute Gasteiger partial charge is 0.159 e. The standard InChI is InChI=1S/C21H28F2N4/c1-15(2)27-21-14-26(12-16-5-6-18(22)19(23)11-16)10-7-17(21)20(24-27)13-25-8-3-4-9-25/h5-6,11,15H,3-4,7-10,12-14H2,1-2H3. The van der Waals surface area contributed by atoms with Crippen molar-refractivity contribution in [2.45, 2.75) is 58.8 Å². The molecule has 0 unspecified atom stereocenters. The fourth-order valence-electron chi connectivity index (χ4n) is 4.31. The Hall–Kier alpha value is -1.79. The topological polar surface area (TPSA) is 24.3 Å². The lowest BCUT2D eigenvalue weighted by Gasteiger charge is -2.28. The van der Waals surface area contributed by atoms with E-state index in [1.807, 2.05) is 0 Å². The Morgan fingerprint density at radius 3 is 2.48 bits per heavy atom. The molecule has 3 heterocycles. The molecule has 2 aliphatic heterocycles. The highest BCUT2D eigenvalue weighted by Crippen LogP contribution is 2.28. The van der Waals surface area contributed by atoms with Gasteiger partial charge in [0.1, 0.15) is 0 Å². The average Bonchev–Trinajstić information content (AvgIpc) is 3.27. The first-order valence-electron chi connectivity index (χ1n) is 9.99. The lowest BCUT2D eigenvalue weighted by Crippen LogP contribution is -2.32. The second kappa shape index (κ2) is 7.68. The van der Waals surface area contributed by atoms with Crippen molar-refractivity contribution in [1.82, 2.24) is 19.6 Å². The van der Waals surface area contributed by atoms with E-state index >= 15 is 0 Å². The van der Waals surface area contributed by atoms with E-state index in [1.165, 1.54) is 55.0 Å². The van der Waals surface area contributed by atoms with E-state index in [1.54, 1.807) is 6.07 Å². The Morgan fingerprint density at radius 1 is 1.00 bits per heavy atom. The lowest BCUT2D eigenvalue weighted by molar-refractivity contribution is 0.233. The van der Waals surface area contributed by atoms with Crippen molar-refractivity contribution in [3.63, 3.8) is 0 Å². The number of hydrogen-bond donors (Lipinski definition) is 0. The van der Waals surface area contributed by atoms with Crippen molar-refractivity contribution < 1.29 is 8.78 Å².